The predicted molar refractivity (Wildman–Crippen MR) is 132 cm³/mol. The summed E-state index contributed by atoms with van der Waals surface area (Å²) in [5.74, 6) is -1.27. The maximum atomic E-state index is 13.2. The first-order valence-corrected chi connectivity index (χ1v) is 12.4. The third-order valence-electron chi connectivity index (χ3n) is 6.37. The van der Waals surface area contributed by atoms with Crippen molar-refractivity contribution in [2.24, 2.45) is 5.92 Å². The highest BCUT2D eigenvalue weighted by molar-refractivity contribution is 7.13. The molecule has 0 saturated heterocycles. The van der Waals surface area contributed by atoms with E-state index in [4.69, 9.17) is 11.6 Å². The number of halogens is 1. The van der Waals surface area contributed by atoms with Gasteiger partial charge < -0.3 is 10.4 Å². The fourth-order valence-corrected chi connectivity index (χ4v) is 5.36. The van der Waals surface area contributed by atoms with E-state index < -0.39 is 5.97 Å². The van der Waals surface area contributed by atoms with Crippen LogP contribution in [0.4, 0.5) is 0 Å². The lowest BCUT2D eigenvalue weighted by Crippen LogP contribution is -2.38. The van der Waals surface area contributed by atoms with Crippen LogP contribution in [-0.2, 0) is 11.3 Å². The van der Waals surface area contributed by atoms with Crippen LogP contribution < -0.4 is 5.32 Å². The summed E-state index contributed by atoms with van der Waals surface area (Å²) in [6.07, 6.45) is 5.94. The Bertz CT molecular complexity index is 1330. The Labute approximate surface area is 205 Å². The van der Waals surface area contributed by atoms with Crippen molar-refractivity contribution in [2.75, 3.05) is 0 Å². The SMILES string of the molecule is O=C(NC1CCC(C(=O)O)CC1)c1ccc(Cl)c2cnn(Cc3ccc(-c4nccs4)cc3)c12. The number of fused-ring (bicyclic) bond motifs is 1. The molecule has 1 aliphatic rings. The Morgan fingerprint density at radius 1 is 1.12 bits per heavy atom. The van der Waals surface area contributed by atoms with Gasteiger partial charge in [-0.2, -0.15) is 5.10 Å². The van der Waals surface area contributed by atoms with Crippen LogP contribution in [0.2, 0.25) is 5.02 Å². The Morgan fingerprint density at radius 2 is 1.88 bits per heavy atom. The summed E-state index contributed by atoms with van der Waals surface area (Å²) >= 11 is 8.01. The molecule has 2 heterocycles. The van der Waals surface area contributed by atoms with Crippen LogP contribution in [0.5, 0.6) is 0 Å². The van der Waals surface area contributed by atoms with Crippen molar-refractivity contribution in [3.05, 3.63) is 70.3 Å². The second-order valence-electron chi connectivity index (χ2n) is 8.55. The summed E-state index contributed by atoms with van der Waals surface area (Å²) in [4.78, 5) is 28.8. The molecule has 1 amide bonds. The van der Waals surface area contributed by atoms with Crippen LogP contribution in [0.1, 0.15) is 41.6 Å². The predicted octanol–water partition coefficient (Wildman–Crippen LogP) is 5.23. The molecule has 0 aliphatic heterocycles. The lowest BCUT2D eigenvalue weighted by Gasteiger charge is -2.27. The molecular formula is C25H23ClN4O3S. The monoisotopic (exact) mass is 494 g/mol. The van der Waals surface area contributed by atoms with Crippen molar-refractivity contribution in [1.29, 1.82) is 0 Å². The van der Waals surface area contributed by atoms with E-state index in [1.165, 1.54) is 0 Å². The summed E-state index contributed by atoms with van der Waals surface area (Å²) in [7, 11) is 0. The minimum Gasteiger partial charge on any atom is -0.481 e. The number of hydrogen-bond acceptors (Lipinski definition) is 5. The second kappa shape index (κ2) is 9.56. The molecule has 0 radical (unpaired) electrons. The van der Waals surface area contributed by atoms with Crippen molar-refractivity contribution < 1.29 is 14.7 Å². The smallest absolute Gasteiger partial charge is 0.306 e. The molecule has 2 aromatic carbocycles. The number of thiazole rings is 1. The number of hydrogen-bond donors (Lipinski definition) is 2. The standard InChI is InChI=1S/C25H23ClN4O3S/c26-21-10-9-19(23(31)29-18-7-5-17(6-8-18)25(32)33)22-20(21)13-28-30(22)14-15-1-3-16(4-2-15)24-27-11-12-34-24/h1-4,9-13,17-18H,5-8,14H2,(H,29,31)(H,32,33). The van der Waals surface area contributed by atoms with Crippen molar-refractivity contribution in [3.8, 4) is 10.6 Å². The number of carbonyl (C=O) groups is 2. The summed E-state index contributed by atoms with van der Waals surface area (Å²) < 4.78 is 1.80. The molecule has 1 fully saturated rings. The Hall–Kier alpha value is -3.23. The molecule has 0 atom stereocenters. The van der Waals surface area contributed by atoms with E-state index in [1.807, 2.05) is 29.6 Å². The number of nitrogens with zero attached hydrogens (tertiary/aromatic N) is 3. The average Bonchev–Trinajstić information content (AvgIpc) is 3.52. The molecule has 174 valence electrons. The average molecular weight is 495 g/mol. The zero-order valence-electron chi connectivity index (χ0n) is 18.3. The molecule has 4 aromatic rings. The van der Waals surface area contributed by atoms with Crippen LogP contribution in [0.15, 0.2) is 54.2 Å². The third-order valence-corrected chi connectivity index (χ3v) is 7.52. The molecular weight excluding hydrogens is 472 g/mol. The number of amides is 1. The largest absolute Gasteiger partial charge is 0.481 e. The number of aromatic nitrogens is 3. The first kappa shape index (κ1) is 22.6. The highest BCUT2D eigenvalue weighted by atomic mass is 35.5. The first-order valence-electron chi connectivity index (χ1n) is 11.2. The maximum absolute atomic E-state index is 13.2. The van der Waals surface area contributed by atoms with Gasteiger partial charge in [-0.3, -0.25) is 14.3 Å². The maximum Gasteiger partial charge on any atom is 0.306 e. The van der Waals surface area contributed by atoms with E-state index in [0.717, 1.165) is 21.5 Å². The minimum atomic E-state index is -0.757. The van der Waals surface area contributed by atoms with Gasteiger partial charge in [0, 0.05) is 28.6 Å². The van der Waals surface area contributed by atoms with E-state index in [0.29, 0.717) is 48.3 Å². The van der Waals surface area contributed by atoms with Gasteiger partial charge in [-0.05, 0) is 43.4 Å². The van der Waals surface area contributed by atoms with Crippen LogP contribution in [0, 0.1) is 5.92 Å². The minimum absolute atomic E-state index is 0.0383. The molecule has 0 unspecified atom stereocenters. The Kier molecular flexibility index (Phi) is 6.34. The zero-order chi connectivity index (χ0) is 23.7. The molecule has 0 bridgehead atoms. The number of aliphatic carboxylic acids is 1. The van der Waals surface area contributed by atoms with Gasteiger partial charge in [0.1, 0.15) is 5.01 Å². The topological polar surface area (TPSA) is 97.1 Å². The lowest BCUT2D eigenvalue weighted by atomic mass is 9.86. The number of carboxylic acid groups (broad SMARTS) is 1. The van der Waals surface area contributed by atoms with Gasteiger partial charge in [0.25, 0.3) is 5.91 Å². The van der Waals surface area contributed by atoms with Gasteiger partial charge in [-0.15, -0.1) is 11.3 Å². The van der Waals surface area contributed by atoms with Crippen molar-refractivity contribution in [2.45, 2.75) is 38.3 Å². The van der Waals surface area contributed by atoms with E-state index in [-0.39, 0.29) is 17.9 Å². The van der Waals surface area contributed by atoms with Crippen molar-refractivity contribution >= 4 is 45.7 Å². The summed E-state index contributed by atoms with van der Waals surface area (Å²) in [6.45, 7) is 0.492. The number of carboxylic acids is 1. The fraction of sp³-hybridized carbons (Fsp3) is 0.280. The summed E-state index contributed by atoms with van der Waals surface area (Å²) in [6, 6.07) is 11.6. The molecule has 7 nitrogen and oxygen atoms in total. The van der Waals surface area contributed by atoms with Gasteiger partial charge in [-0.25, -0.2) is 4.98 Å². The van der Waals surface area contributed by atoms with Gasteiger partial charge in [0.2, 0.25) is 0 Å². The number of carbonyl (C=O) groups excluding carboxylic acids is 1. The molecule has 5 rings (SSSR count). The first-order chi connectivity index (χ1) is 16.5. The normalized spacial score (nSPS) is 18.1. The third kappa shape index (κ3) is 4.56. The fourth-order valence-electron chi connectivity index (χ4n) is 4.51. The Morgan fingerprint density at radius 3 is 2.56 bits per heavy atom. The van der Waals surface area contributed by atoms with Crippen LogP contribution in [-0.4, -0.2) is 37.8 Å². The highest BCUT2D eigenvalue weighted by Crippen LogP contribution is 2.29. The quantitative estimate of drug-likeness (QED) is 0.382. The number of nitrogens with one attached hydrogen (secondary N) is 1. The molecule has 1 aliphatic carbocycles. The second-order valence-corrected chi connectivity index (χ2v) is 9.86. The Balaban J connectivity index is 1.37. The molecule has 2 aromatic heterocycles. The van der Waals surface area contributed by atoms with Crippen molar-refractivity contribution in [1.82, 2.24) is 20.1 Å². The highest BCUT2D eigenvalue weighted by Gasteiger charge is 2.27. The molecule has 1 saturated carbocycles. The zero-order valence-corrected chi connectivity index (χ0v) is 19.9. The van der Waals surface area contributed by atoms with E-state index in [9.17, 15) is 14.7 Å². The lowest BCUT2D eigenvalue weighted by molar-refractivity contribution is -0.142. The molecule has 34 heavy (non-hydrogen) atoms. The molecule has 2 N–H and O–H groups in total. The summed E-state index contributed by atoms with van der Waals surface area (Å²) in [5.41, 5.74) is 3.30. The number of benzene rings is 2. The van der Waals surface area contributed by atoms with Gasteiger partial charge in [0.15, 0.2) is 0 Å². The van der Waals surface area contributed by atoms with Crippen molar-refractivity contribution in [3.63, 3.8) is 0 Å². The van der Waals surface area contributed by atoms with Crippen LogP contribution >= 0.6 is 22.9 Å². The number of rotatable bonds is 6. The van der Waals surface area contributed by atoms with Crippen LogP contribution in [0.25, 0.3) is 21.5 Å². The van der Waals surface area contributed by atoms with E-state index in [1.54, 1.807) is 40.5 Å². The van der Waals surface area contributed by atoms with E-state index >= 15 is 0 Å². The van der Waals surface area contributed by atoms with Crippen LogP contribution in [0.3, 0.4) is 0 Å². The van der Waals surface area contributed by atoms with Gasteiger partial charge >= 0.3 is 5.97 Å². The van der Waals surface area contributed by atoms with E-state index in [2.05, 4.69) is 15.4 Å². The van der Waals surface area contributed by atoms with Gasteiger partial charge in [0.05, 0.1) is 34.8 Å². The van der Waals surface area contributed by atoms with Gasteiger partial charge in [-0.1, -0.05) is 35.9 Å². The summed E-state index contributed by atoms with van der Waals surface area (Å²) in [5, 5.41) is 21.0. The molecule has 9 heteroatoms. The molecule has 0 spiro atoms.